The van der Waals surface area contributed by atoms with E-state index in [4.69, 9.17) is 10.5 Å². The third kappa shape index (κ3) is 4.03. The molecule has 2 heterocycles. The fraction of sp³-hybridized carbons (Fsp3) is 0.750. The summed E-state index contributed by atoms with van der Waals surface area (Å²) in [5.74, 6) is 0.682. The largest absolute Gasteiger partial charge is 0.381 e. The van der Waals surface area contributed by atoms with E-state index in [1.807, 2.05) is 0 Å². The van der Waals surface area contributed by atoms with Gasteiger partial charge < -0.3 is 15.4 Å². The van der Waals surface area contributed by atoms with Crippen LogP contribution < -0.4 is 5.73 Å². The van der Waals surface area contributed by atoms with Crippen molar-refractivity contribution in [2.75, 3.05) is 26.8 Å². The Hall–Kier alpha value is -0.490. The van der Waals surface area contributed by atoms with E-state index in [-0.39, 0.29) is 0 Å². The number of ether oxygens (including phenoxy) is 1. The molecule has 17 heavy (non-hydrogen) atoms. The number of aromatic nitrogens is 1. The number of hydrogen-bond donors (Lipinski definition) is 1. The van der Waals surface area contributed by atoms with Gasteiger partial charge in [-0.05, 0) is 25.8 Å². The number of hydrogen-bond acceptors (Lipinski definition) is 5. The zero-order valence-electron chi connectivity index (χ0n) is 10.4. The lowest BCUT2D eigenvalue weighted by Gasteiger charge is -2.26. The zero-order chi connectivity index (χ0) is 12.1. The van der Waals surface area contributed by atoms with E-state index in [1.165, 1.54) is 12.8 Å². The maximum atomic E-state index is 5.56. The molecule has 1 aromatic heterocycles. The van der Waals surface area contributed by atoms with Crippen molar-refractivity contribution in [3.05, 3.63) is 16.1 Å². The van der Waals surface area contributed by atoms with Gasteiger partial charge in [0.05, 0.1) is 12.3 Å². The molecule has 1 unspecified atom stereocenters. The average Bonchev–Trinajstić information content (AvgIpc) is 2.78. The first-order valence-corrected chi connectivity index (χ1v) is 7.05. The molecule has 1 aliphatic rings. The van der Waals surface area contributed by atoms with Gasteiger partial charge in [0, 0.05) is 31.6 Å². The number of thiazole rings is 1. The standard InChI is InChI=1S/C12H21N3OS/c1-15(6-10-3-2-4-16-8-10)7-11-9-17-12(5-13)14-11/h9-10H,2-8,13H2,1H3. The van der Waals surface area contributed by atoms with Gasteiger partial charge in [0.2, 0.25) is 0 Å². The second kappa shape index (κ2) is 6.44. The van der Waals surface area contributed by atoms with Crippen LogP contribution >= 0.6 is 11.3 Å². The molecule has 0 aliphatic carbocycles. The Labute approximate surface area is 107 Å². The molecule has 0 spiro atoms. The molecule has 0 bridgehead atoms. The van der Waals surface area contributed by atoms with Crippen molar-refractivity contribution < 1.29 is 4.74 Å². The highest BCUT2D eigenvalue weighted by molar-refractivity contribution is 7.09. The molecule has 96 valence electrons. The van der Waals surface area contributed by atoms with Crippen LogP contribution in [0.3, 0.4) is 0 Å². The van der Waals surface area contributed by atoms with Crippen LogP contribution in [0.2, 0.25) is 0 Å². The van der Waals surface area contributed by atoms with Crippen LogP contribution in [-0.4, -0.2) is 36.7 Å². The van der Waals surface area contributed by atoms with Crippen LogP contribution in [-0.2, 0) is 17.8 Å². The van der Waals surface area contributed by atoms with Crippen molar-refractivity contribution in [3.8, 4) is 0 Å². The van der Waals surface area contributed by atoms with E-state index in [0.29, 0.717) is 12.5 Å². The highest BCUT2D eigenvalue weighted by Crippen LogP contribution is 2.16. The molecule has 4 nitrogen and oxygen atoms in total. The number of nitrogens with two attached hydrogens (primary N) is 1. The van der Waals surface area contributed by atoms with Crippen molar-refractivity contribution in [1.82, 2.24) is 9.88 Å². The fourth-order valence-corrected chi connectivity index (χ4v) is 2.91. The summed E-state index contributed by atoms with van der Waals surface area (Å²) in [6, 6.07) is 0. The fourth-order valence-electron chi connectivity index (χ4n) is 2.25. The molecule has 0 aromatic carbocycles. The summed E-state index contributed by atoms with van der Waals surface area (Å²) in [5, 5.41) is 3.13. The molecule has 1 aromatic rings. The van der Waals surface area contributed by atoms with Crippen molar-refractivity contribution in [2.45, 2.75) is 25.9 Å². The summed E-state index contributed by atoms with van der Waals surface area (Å²) in [5.41, 5.74) is 6.70. The second-order valence-electron chi connectivity index (χ2n) is 4.72. The molecule has 1 fully saturated rings. The van der Waals surface area contributed by atoms with Crippen LogP contribution in [0, 0.1) is 5.92 Å². The zero-order valence-corrected chi connectivity index (χ0v) is 11.2. The first-order chi connectivity index (χ1) is 8.28. The van der Waals surface area contributed by atoms with Gasteiger partial charge in [-0.2, -0.15) is 0 Å². The van der Waals surface area contributed by atoms with Crippen LogP contribution in [0.1, 0.15) is 23.5 Å². The lowest BCUT2D eigenvalue weighted by atomic mass is 10.0. The van der Waals surface area contributed by atoms with Crippen molar-refractivity contribution in [3.63, 3.8) is 0 Å². The van der Waals surface area contributed by atoms with E-state index in [0.717, 1.165) is 37.0 Å². The van der Waals surface area contributed by atoms with Crippen molar-refractivity contribution in [2.24, 2.45) is 11.7 Å². The Morgan fingerprint density at radius 3 is 3.18 bits per heavy atom. The van der Waals surface area contributed by atoms with Gasteiger partial charge in [-0.15, -0.1) is 11.3 Å². The lowest BCUT2D eigenvalue weighted by Crippen LogP contribution is -2.30. The summed E-state index contributed by atoms with van der Waals surface area (Å²) in [4.78, 5) is 6.81. The molecule has 0 saturated carbocycles. The Balaban J connectivity index is 1.77. The molecular weight excluding hydrogens is 234 g/mol. The van der Waals surface area contributed by atoms with E-state index in [1.54, 1.807) is 11.3 Å². The normalized spacial score (nSPS) is 21.0. The van der Waals surface area contributed by atoms with Gasteiger partial charge in [0.15, 0.2) is 0 Å². The van der Waals surface area contributed by atoms with Gasteiger partial charge >= 0.3 is 0 Å². The molecule has 0 amide bonds. The van der Waals surface area contributed by atoms with E-state index >= 15 is 0 Å². The van der Waals surface area contributed by atoms with E-state index in [2.05, 4.69) is 22.3 Å². The smallest absolute Gasteiger partial charge is 0.106 e. The van der Waals surface area contributed by atoms with Crippen LogP contribution in [0.5, 0.6) is 0 Å². The lowest BCUT2D eigenvalue weighted by molar-refractivity contribution is 0.0410. The molecule has 2 N–H and O–H groups in total. The average molecular weight is 255 g/mol. The van der Waals surface area contributed by atoms with Gasteiger partial charge in [0.25, 0.3) is 0 Å². The molecule has 2 rings (SSSR count). The molecule has 0 radical (unpaired) electrons. The van der Waals surface area contributed by atoms with Gasteiger partial charge in [0.1, 0.15) is 5.01 Å². The minimum atomic E-state index is 0.546. The van der Waals surface area contributed by atoms with Gasteiger partial charge in [-0.3, -0.25) is 0 Å². The second-order valence-corrected chi connectivity index (χ2v) is 5.66. The van der Waals surface area contributed by atoms with E-state index in [9.17, 15) is 0 Å². The Kier molecular flexibility index (Phi) is 4.91. The third-order valence-corrected chi connectivity index (χ3v) is 3.95. The molecule has 5 heteroatoms. The van der Waals surface area contributed by atoms with Crippen LogP contribution in [0.15, 0.2) is 5.38 Å². The maximum absolute atomic E-state index is 5.56. The Morgan fingerprint density at radius 1 is 1.65 bits per heavy atom. The van der Waals surface area contributed by atoms with Gasteiger partial charge in [-0.25, -0.2) is 4.98 Å². The topological polar surface area (TPSA) is 51.4 Å². The summed E-state index contributed by atoms with van der Waals surface area (Å²) in [7, 11) is 2.15. The summed E-state index contributed by atoms with van der Waals surface area (Å²) in [6.07, 6.45) is 2.49. The molecule has 1 aliphatic heterocycles. The Bertz CT molecular complexity index is 336. The summed E-state index contributed by atoms with van der Waals surface area (Å²) >= 11 is 1.65. The van der Waals surface area contributed by atoms with Gasteiger partial charge in [-0.1, -0.05) is 0 Å². The highest BCUT2D eigenvalue weighted by atomic mass is 32.1. The predicted molar refractivity (Wildman–Crippen MR) is 69.9 cm³/mol. The first-order valence-electron chi connectivity index (χ1n) is 6.17. The van der Waals surface area contributed by atoms with E-state index < -0.39 is 0 Å². The van der Waals surface area contributed by atoms with Crippen molar-refractivity contribution in [1.29, 1.82) is 0 Å². The van der Waals surface area contributed by atoms with Crippen LogP contribution in [0.25, 0.3) is 0 Å². The minimum Gasteiger partial charge on any atom is -0.381 e. The quantitative estimate of drug-likeness (QED) is 0.865. The predicted octanol–water partition coefficient (Wildman–Crippen LogP) is 1.46. The SMILES string of the molecule is CN(Cc1csc(CN)n1)CC1CCCOC1. The maximum Gasteiger partial charge on any atom is 0.106 e. The number of nitrogens with zero attached hydrogens (tertiary/aromatic N) is 2. The van der Waals surface area contributed by atoms with Crippen LogP contribution in [0.4, 0.5) is 0 Å². The molecule has 1 saturated heterocycles. The first kappa shape index (κ1) is 13.0. The summed E-state index contributed by atoms with van der Waals surface area (Å²) in [6.45, 7) is 4.40. The summed E-state index contributed by atoms with van der Waals surface area (Å²) < 4.78 is 5.50. The minimum absolute atomic E-state index is 0.546. The monoisotopic (exact) mass is 255 g/mol. The molecule has 1 atom stereocenters. The third-order valence-electron chi connectivity index (χ3n) is 3.03. The molecular formula is C12H21N3OS. The Morgan fingerprint density at radius 2 is 2.53 bits per heavy atom. The van der Waals surface area contributed by atoms with Crippen molar-refractivity contribution >= 4 is 11.3 Å². The number of rotatable bonds is 5. The highest BCUT2D eigenvalue weighted by Gasteiger charge is 2.16.